The molecule has 2 aromatic rings. The summed E-state index contributed by atoms with van der Waals surface area (Å²) in [5.41, 5.74) is 6.02. The number of halogens is 1. The number of thiophene rings is 1. The third kappa shape index (κ3) is 1.84. The van der Waals surface area contributed by atoms with Crippen molar-refractivity contribution in [2.24, 2.45) is 5.73 Å². The van der Waals surface area contributed by atoms with Gasteiger partial charge in [-0.2, -0.15) is 0 Å². The Morgan fingerprint density at radius 3 is 2.64 bits per heavy atom. The van der Waals surface area contributed by atoms with Gasteiger partial charge in [0.25, 0.3) is 0 Å². The first-order chi connectivity index (χ1) is 6.79. The Morgan fingerprint density at radius 1 is 1.36 bits per heavy atom. The first kappa shape index (κ1) is 9.76. The molecule has 72 valence electrons. The molecule has 0 aliphatic rings. The first-order valence-electron chi connectivity index (χ1n) is 4.04. The lowest BCUT2D eigenvalue weighted by Crippen LogP contribution is -2.14. The monoisotopic (exact) mass is 269 g/mol. The number of nitrogens with two attached hydrogens (primary N) is 1. The highest BCUT2D eigenvalue weighted by Gasteiger charge is 2.15. The van der Waals surface area contributed by atoms with Crippen LogP contribution in [0.25, 0.3) is 0 Å². The zero-order valence-corrected chi connectivity index (χ0v) is 9.62. The molecule has 0 radical (unpaired) electrons. The van der Waals surface area contributed by atoms with Crippen molar-refractivity contribution in [1.82, 2.24) is 9.97 Å². The minimum atomic E-state index is -0.245. The van der Waals surface area contributed by atoms with Gasteiger partial charge in [-0.15, -0.1) is 11.3 Å². The lowest BCUT2D eigenvalue weighted by molar-refractivity contribution is 0.792. The van der Waals surface area contributed by atoms with Gasteiger partial charge in [0.15, 0.2) is 0 Å². The summed E-state index contributed by atoms with van der Waals surface area (Å²) in [6.07, 6.45) is 3.40. The van der Waals surface area contributed by atoms with E-state index in [1.807, 2.05) is 11.4 Å². The molecule has 2 rings (SSSR count). The average molecular weight is 270 g/mol. The van der Waals surface area contributed by atoms with Crippen LogP contribution in [-0.2, 0) is 0 Å². The fraction of sp³-hybridized carbons (Fsp3) is 0.111. The van der Waals surface area contributed by atoms with E-state index in [-0.39, 0.29) is 6.04 Å². The average Bonchev–Trinajstić information content (AvgIpc) is 2.65. The predicted molar refractivity (Wildman–Crippen MR) is 60.1 cm³/mol. The standard InChI is InChI=1S/C9H8BrN3S/c10-6-2-5-14-8(6)7(11)9-12-3-1-4-13-9/h1-5,7H,11H2. The minimum Gasteiger partial charge on any atom is -0.317 e. The van der Waals surface area contributed by atoms with Gasteiger partial charge in [0.05, 0.1) is 0 Å². The Morgan fingerprint density at radius 2 is 2.07 bits per heavy atom. The van der Waals surface area contributed by atoms with Crippen molar-refractivity contribution < 1.29 is 0 Å². The van der Waals surface area contributed by atoms with Gasteiger partial charge in [0.1, 0.15) is 11.9 Å². The number of hydrogen-bond donors (Lipinski definition) is 1. The first-order valence-corrected chi connectivity index (χ1v) is 5.71. The lowest BCUT2D eigenvalue weighted by atomic mass is 10.2. The number of hydrogen-bond acceptors (Lipinski definition) is 4. The third-order valence-corrected chi connectivity index (χ3v) is 3.75. The Bertz CT molecular complexity index is 415. The molecule has 14 heavy (non-hydrogen) atoms. The molecule has 3 nitrogen and oxygen atoms in total. The number of rotatable bonds is 2. The Hall–Kier alpha value is -0.780. The molecule has 2 N–H and O–H groups in total. The van der Waals surface area contributed by atoms with Gasteiger partial charge < -0.3 is 5.73 Å². The summed E-state index contributed by atoms with van der Waals surface area (Å²) in [7, 11) is 0. The maximum Gasteiger partial charge on any atom is 0.150 e. The van der Waals surface area contributed by atoms with Crippen molar-refractivity contribution in [3.05, 3.63) is 45.1 Å². The fourth-order valence-corrected chi connectivity index (χ4v) is 2.73. The molecular weight excluding hydrogens is 262 g/mol. The predicted octanol–water partition coefficient (Wildman–Crippen LogP) is 2.35. The van der Waals surface area contributed by atoms with Crippen molar-refractivity contribution >= 4 is 27.3 Å². The van der Waals surface area contributed by atoms with Crippen LogP contribution in [-0.4, -0.2) is 9.97 Å². The Labute approximate surface area is 94.1 Å². The zero-order chi connectivity index (χ0) is 9.97. The molecule has 0 amide bonds. The van der Waals surface area contributed by atoms with Gasteiger partial charge in [0.2, 0.25) is 0 Å². The molecule has 0 aromatic carbocycles. The fourth-order valence-electron chi connectivity index (χ4n) is 1.12. The van der Waals surface area contributed by atoms with E-state index in [2.05, 4.69) is 25.9 Å². The molecule has 2 heterocycles. The largest absolute Gasteiger partial charge is 0.317 e. The number of aromatic nitrogens is 2. The molecule has 5 heteroatoms. The van der Waals surface area contributed by atoms with Crippen LogP contribution in [0.15, 0.2) is 34.4 Å². The van der Waals surface area contributed by atoms with Crippen molar-refractivity contribution in [2.45, 2.75) is 6.04 Å². The summed E-state index contributed by atoms with van der Waals surface area (Å²) in [5.74, 6) is 0.649. The highest BCUT2D eigenvalue weighted by molar-refractivity contribution is 9.10. The van der Waals surface area contributed by atoms with E-state index in [9.17, 15) is 0 Å². The van der Waals surface area contributed by atoms with Crippen molar-refractivity contribution in [3.8, 4) is 0 Å². The quantitative estimate of drug-likeness (QED) is 0.911. The summed E-state index contributed by atoms with van der Waals surface area (Å²) in [5, 5.41) is 1.99. The van der Waals surface area contributed by atoms with Crippen LogP contribution in [0.2, 0.25) is 0 Å². The van der Waals surface area contributed by atoms with Crippen molar-refractivity contribution in [2.75, 3.05) is 0 Å². The van der Waals surface area contributed by atoms with Crippen LogP contribution >= 0.6 is 27.3 Å². The summed E-state index contributed by atoms with van der Waals surface area (Å²) >= 11 is 5.04. The van der Waals surface area contributed by atoms with Gasteiger partial charge in [0, 0.05) is 21.7 Å². The lowest BCUT2D eigenvalue weighted by Gasteiger charge is -2.07. The number of nitrogens with zero attached hydrogens (tertiary/aromatic N) is 2. The Kier molecular flexibility index (Phi) is 2.90. The molecule has 0 aliphatic carbocycles. The van der Waals surface area contributed by atoms with Crippen LogP contribution in [0.4, 0.5) is 0 Å². The normalized spacial score (nSPS) is 12.7. The van der Waals surface area contributed by atoms with Crippen LogP contribution < -0.4 is 5.73 Å². The Balaban J connectivity index is 2.34. The van der Waals surface area contributed by atoms with E-state index in [1.54, 1.807) is 29.8 Å². The van der Waals surface area contributed by atoms with E-state index in [0.717, 1.165) is 9.35 Å². The second-order valence-corrected chi connectivity index (χ2v) is 4.52. The van der Waals surface area contributed by atoms with Gasteiger partial charge >= 0.3 is 0 Å². The van der Waals surface area contributed by atoms with Crippen LogP contribution in [0.5, 0.6) is 0 Å². The van der Waals surface area contributed by atoms with Crippen LogP contribution in [0.3, 0.4) is 0 Å². The van der Waals surface area contributed by atoms with E-state index >= 15 is 0 Å². The minimum absolute atomic E-state index is 0.245. The molecule has 0 aliphatic heterocycles. The topological polar surface area (TPSA) is 51.8 Å². The summed E-state index contributed by atoms with van der Waals surface area (Å²) in [4.78, 5) is 9.30. The molecule has 0 bridgehead atoms. The van der Waals surface area contributed by atoms with E-state index in [0.29, 0.717) is 5.82 Å². The maximum absolute atomic E-state index is 6.02. The molecule has 1 atom stereocenters. The van der Waals surface area contributed by atoms with Crippen LogP contribution in [0, 0.1) is 0 Å². The van der Waals surface area contributed by atoms with E-state index in [1.165, 1.54) is 0 Å². The van der Waals surface area contributed by atoms with Crippen LogP contribution in [0.1, 0.15) is 16.7 Å². The van der Waals surface area contributed by atoms with Crippen molar-refractivity contribution in [3.63, 3.8) is 0 Å². The van der Waals surface area contributed by atoms with Gasteiger partial charge in [-0.05, 0) is 33.4 Å². The highest BCUT2D eigenvalue weighted by atomic mass is 79.9. The molecule has 0 saturated heterocycles. The molecule has 0 fully saturated rings. The summed E-state index contributed by atoms with van der Waals surface area (Å²) < 4.78 is 1.02. The maximum atomic E-state index is 6.02. The molecule has 2 aromatic heterocycles. The van der Waals surface area contributed by atoms with E-state index in [4.69, 9.17) is 5.73 Å². The SMILES string of the molecule is NC(c1ncccn1)c1sccc1Br. The summed E-state index contributed by atoms with van der Waals surface area (Å²) in [6.45, 7) is 0. The zero-order valence-electron chi connectivity index (χ0n) is 7.22. The van der Waals surface area contributed by atoms with E-state index < -0.39 is 0 Å². The third-order valence-electron chi connectivity index (χ3n) is 1.79. The molecule has 0 spiro atoms. The van der Waals surface area contributed by atoms with Crippen molar-refractivity contribution in [1.29, 1.82) is 0 Å². The smallest absolute Gasteiger partial charge is 0.150 e. The van der Waals surface area contributed by atoms with Gasteiger partial charge in [-0.3, -0.25) is 0 Å². The molecule has 1 unspecified atom stereocenters. The van der Waals surface area contributed by atoms with Gasteiger partial charge in [-0.25, -0.2) is 9.97 Å². The van der Waals surface area contributed by atoms with Gasteiger partial charge in [-0.1, -0.05) is 0 Å². The second kappa shape index (κ2) is 4.16. The molecule has 0 saturated carbocycles. The summed E-state index contributed by atoms with van der Waals surface area (Å²) in [6, 6.07) is 3.51. The second-order valence-electron chi connectivity index (χ2n) is 2.72. The molecular formula is C9H8BrN3S. The highest BCUT2D eigenvalue weighted by Crippen LogP contribution is 2.29.